The molecule has 0 saturated heterocycles. The van der Waals surface area contributed by atoms with Gasteiger partial charge in [0.2, 0.25) is 5.91 Å². The Balaban J connectivity index is 2.47. The molecule has 1 heterocycles. The summed E-state index contributed by atoms with van der Waals surface area (Å²) >= 11 is 0. The second-order valence-corrected chi connectivity index (χ2v) is 3.10. The molecule has 14 heavy (non-hydrogen) atoms. The summed E-state index contributed by atoms with van der Waals surface area (Å²) in [5.41, 5.74) is 1.72. The van der Waals surface area contributed by atoms with E-state index < -0.39 is 0 Å². The zero-order valence-electron chi connectivity index (χ0n) is 7.81. The Morgan fingerprint density at radius 3 is 3.00 bits per heavy atom. The molecule has 0 fully saturated rings. The molecule has 0 aliphatic heterocycles. The van der Waals surface area contributed by atoms with Crippen molar-refractivity contribution in [2.75, 3.05) is 0 Å². The molecule has 3 heteroatoms. The predicted molar refractivity (Wildman–Crippen MR) is 55.0 cm³/mol. The fourth-order valence-corrected chi connectivity index (χ4v) is 1.43. The third kappa shape index (κ3) is 1.41. The molecular formula is C11H11N2O. The van der Waals surface area contributed by atoms with Gasteiger partial charge in [-0.1, -0.05) is 19.1 Å². The van der Waals surface area contributed by atoms with Crippen LogP contribution in [0.4, 0.5) is 0 Å². The van der Waals surface area contributed by atoms with E-state index in [1.54, 1.807) is 10.9 Å². The van der Waals surface area contributed by atoms with Gasteiger partial charge in [0.05, 0.1) is 11.0 Å². The predicted octanol–water partition coefficient (Wildman–Crippen LogP) is 2.29. The van der Waals surface area contributed by atoms with E-state index in [2.05, 4.69) is 11.9 Å². The Morgan fingerprint density at radius 2 is 2.21 bits per heavy atom. The third-order valence-electron chi connectivity index (χ3n) is 2.11. The lowest BCUT2D eigenvalue weighted by Crippen LogP contribution is -2.08. The molecular weight excluding hydrogens is 176 g/mol. The number of carbonyl (C=O) groups excluding carboxylic acids is 1. The molecule has 0 atom stereocenters. The minimum absolute atomic E-state index is 0.0497. The van der Waals surface area contributed by atoms with Gasteiger partial charge in [-0.05, 0) is 18.6 Å². The Bertz CT molecular complexity index is 459. The van der Waals surface area contributed by atoms with Crippen molar-refractivity contribution in [1.82, 2.24) is 9.55 Å². The second-order valence-electron chi connectivity index (χ2n) is 3.10. The number of benzene rings is 1. The van der Waals surface area contributed by atoms with Gasteiger partial charge < -0.3 is 0 Å². The maximum atomic E-state index is 11.6. The number of hydrogen-bond acceptors (Lipinski definition) is 2. The normalized spacial score (nSPS) is 10.6. The third-order valence-corrected chi connectivity index (χ3v) is 2.11. The Labute approximate surface area is 82.4 Å². The highest BCUT2D eigenvalue weighted by molar-refractivity contribution is 5.90. The molecule has 1 aromatic carbocycles. The van der Waals surface area contributed by atoms with Crippen LogP contribution in [0.3, 0.4) is 0 Å². The highest BCUT2D eigenvalue weighted by atomic mass is 16.2. The molecule has 0 amide bonds. The van der Waals surface area contributed by atoms with E-state index in [9.17, 15) is 4.79 Å². The van der Waals surface area contributed by atoms with E-state index in [1.165, 1.54) is 0 Å². The van der Waals surface area contributed by atoms with Gasteiger partial charge in [0.15, 0.2) is 0 Å². The first-order valence-corrected chi connectivity index (χ1v) is 4.57. The fraction of sp³-hybridized carbons (Fsp3) is 0.182. The van der Waals surface area contributed by atoms with Crippen LogP contribution < -0.4 is 0 Å². The highest BCUT2D eigenvalue weighted by Gasteiger charge is 2.07. The standard InChI is InChI=1S/C11H11N2O/c1-2-5-11(14)13-8-12-9-6-3-4-7-10(9)13/h3-4,6-8H,1-2,5H2. The van der Waals surface area contributed by atoms with Crippen molar-refractivity contribution in [2.45, 2.75) is 12.8 Å². The lowest BCUT2D eigenvalue weighted by molar-refractivity contribution is 0.0908. The summed E-state index contributed by atoms with van der Waals surface area (Å²) < 4.78 is 1.58. The van der Waals surface area contributed by atoms with E-state index in [0.717, 1.165) is 11.0 Å². The number of hydrogen-bond donors (Lipinski definition) is 0. The average Bonchev–Trinajstić information content (AvgIpc) is 2.61. The van der Waals surface area contributed by atoms with Gasteiger partial charge in [-0.2, -0.15) is 0 Å². The molecule has 1 aromatic heterocycles. The average molecular weight is 187 g/mol. The van der Waals surface area contributed by atoms with E-state index in [0.29, 0.717) is 12.8 Å². The van der Waals surface area contributed by atoms with Crippen molar-refractivity contribution in [3.05, 3.63) is 37.5 Å². The molecule has 0 aliphatic carbocycles. The van der Waals surface area contributed by atoms with Crippen LogP contribution in [0.2, 0.25) is 0 Å². The van der Waals surface area contributed by atoms with Gasteiger partial charge >= 0.3 is 0 Å². The first-order valence-electron chi connectivity index (χ1n) is 4.57. The van der Waals surface area contributed by atoms with Crippen molar-refractivity contribution in [2.24, 2.45) is 0 Å². The molecule has 0 unspecified atom stereocenters. The smallest absolute Gasteiger partial charge is 0.232 e. The van der Waals surface area contributed by atoms with Gasteiger partial charge in [-0.25, -0.2) is 4.98 Å². The van der Waals surface area contributed by atoms with Crippen molar-refractivity contribution in [3.63, 3.8) is 0 Å². The fourth-order valence-electron chi connectivity index (χ4n) is 1.43. The van der Waals surface area contributed by atoms with Crippen LogP contribution in [-0.4, -0.2) is 15.5 Å². The maximum Gasteiger partial charge on any atom is 0.232 e. The molecule has 71 valence electrons. The summed E-state index contributed by atoms with van der Waals surface area (Å²) in [6, 6.07) is 7.59. The topological polar surface area (TPSA) is 34.9 Å². The molecule has 0 spiro atoms. The molecule has 0 aliphatic rings. The number of rotatable bonds is 2. The summed E-state index contributed by atoms with van der Waals surface area (Å²) in [5, 5.41) is 0. The van der Waals surface area contributed by atoms with Crippen LogP contribution in [0, 0.1) is 6.92 Å². The van der Waals surface area contributed by atoms with Gasteiger partial charge in [-0.3, -0.25) is 9.36 Å². The monoisotopic (exact) mass is 187 g/mol. The Kier molecular flexibility index (Phi) is 2.31. The zero-order valence-corrected chi connectivity index (χ0v) is 7.81. The Morgan fingerprint density at radius 1 is 1.43 bits per heavy atom. The molecule has 0 saturated carbocycles. The first-order chi connectivity index (χ1) is 6.83. The quantitative estimate of drug-likeness (QED) is 0.723. The number of carbonyl (C=O) groups is 1. The highest BCUT2D eigenvalue weighted by Crippen LogP contribution is 2.12. The van der Waals surface area contributed by atoms with E-state index in [-0.39, 0.29) is 5.91 Å². The lowest BCUT2D eigenvalue weighted by atomic mass is 10.3. The van der Waals surface area contributed by atoms with Crippen LogP contribution in [0.1, 0.15) is 17.6 Å². The second kappa shape index (κ2) is 3.62. The largest absolute Gasteiger partial charge is 0.274 e. The molecule has 3 nitrogen and oxygen atoms in total. The summed E-state index contributed by atoms with van der Waals surface area (Å²) in [4.78, 5) is 15.7. The number of fused-ring (bicyclic) bond motifs is 1. The van der Waals surface area contributed by atoms with Crippen LogP contribution in [0.5, 0.6) is 0 Å². The van der Waals surface area contributed by atoms with Crippen LogP contribution in [0.15, 0.2) is 30.6 Å². The SMILES string of the molecule is [CH2]CCC(=O)n1cnc2ccccc21. The first kappa shape index (κ1) is 8.94. The number of imidazole rings is 1. The van der Waals surface area contributed by atoms with Crippen LogP contribution in [0.25, 0.3) is 11.0 Å². The summed E-state index contributed by atoms with van der Waals surface area (Å²) in [5.74, 6) is 0.0497. The number of nitrogens with zero attached hydrogens (tertiary/aromatic N) is 2. The van der Waals surface area contributed by atoms with Gasteiger partial charge in [0.1, 0.15) is 6.33 Å². The van der Waals surface area contributed by atoms with Gasteiger partial charge in [0, 0.05) is 6.42 Å². The molecule has 0 N–H and O–H groups in total. The summed E-state index contributed by atoms with van der Waals surface area (Å²) in [6.45, 7) is 3.66. The Hall–Kier alpha value is -1.64. The van der Waals surface area contributed by atoms with Gasteiger partial charge in [0.25, 0.3) is 0 Å². The number of para-hydroxylation sites is 2. The zero-order chi connectivity index (χ0) is 9.97. The molecule has 2 aromatic rings. The lowest BCUT2D eigenvalue weighted by Gasteiger charge is -2.00. The molecule has 2 rings (SSSR count). The summed E-state index contributed by atoms with van der Waals surface area (Å²) in [6.07, 6.45) is 2.65. The van der Waals surface area contributed by atoms with Crippen molar-refractivity contribution in [1.29, 1.82) is 0 Å². The summed E-state index contributed by atoms with van der Waals surface area (Å²) in [7, 11) is 0. The van der Waals surface area contributed by atoms with Crippen molar-refractivity contribution < 1.29 is 4.79 Å². The maximum absolute atomic E-state index is 11.6. The van der Waals surface area contributed by atoms with E-state index in [4.69, 9.17) is 0 Å². The molecule has 0 bridgehead atoms. The molecule has 1 radical (unpaired) electrons. The van der Waals surface area contributed by atoms with Crippen LogP contribution in [-0.2, 0) is 0 Å². The van der Waals surface area contributed by atoms with Crippen LogP contribution >= 0.6 is 0 Å². The van der Waals surface area contributed by atoms with Crippen molar-refractivity contribution in [3.8, 4) is 0 Å². The van der Waals surface area contributed by atoms with E-state index in [1.807, 2.05) is 24.3 Å². The van der Waals surface area contributed by atoms with Crippen molar-refractivity contribution >= 4 is 16.9 Å². The number of aromatic nitrogens is 2. The minimum Gasteiger partial charge on any atom is -0.274 e. The van der Waals surface area contributed by atoms with Gasteiger partial charge in [-0.15, -0.1) is 0 Å². The minimum atomic E-state index is 0.0497. The van der Waals surface area contributed by atoms with E-state index >= 15 is 0 Å².